The van der Waals surface area contributed by atoms with Gasteiger partial charge in [0.2, 0.25) is 0 Å². The highest BCUT2D eigenvalue weighted by Gasteiger charge is 2.34. The largest absolute Gasteiger partial charge is 0.325 e. The zero-order valence-electron chi connectivity index (χ0n) is 11.8. The second-order valence-electron chi connectivity index (χ2n) is 6.35. The van der Waals surface area contributed by atoms with Crippen LogP contribution in [0.3, 0.4) is 0 Å². The van der Waals surface area contributed by atoms with Crippen molar-refractivity contribution in [3.05, 3.63) is 34.6 Å². The Morgan fingerprint density at radius 3 is 2.89 bits per heavy atom. The minimum atomic E-state index is -0.348. The molecule has 2 unspecified atom stereocenters. The molecule has 3 heteroatoms. The smallest absolute Gasteiger partial charge is 0.142 e. The van der Waals surface area contributed by atoms with Crippen molar-refractivity contribution in [3.8, 4) is 0 Å². The van der Waals surface area contributed by atoms with Gasteiger partial charge in [0.05, 0.1) is 5.02 Å². The summed E-state index contributed by atoms with van der Waals surface area (Å²) in [4.78, 5) is 0. The topological polar surface area (TPSA) is 26.0 Å². The highest BCUT2D eigenvalue weighted by Crippen LogP contribution is 2.37. The summed E-state index contributed by atoms with van der Waals surface area (Å²) < 4.78 is 13.5. The normalized spacial score (nSPS) is 27.8. The standard InChI is InChI=1S/C16H23ClFN/c1-11(2)12-6-4-8-16(19,9-12)10-13-5-3-7-14(18)15(13)17/h3,5,7,11-12H,4,6,8-10,19H2,1-2H3. The van der Waals surface area contributed by atoms with Crippen molar-refractivity contribution in [2.75, 3.05) is 0 Å². The van der Waals surface area contributed by atoms with Gasteiger partial charge in [-0.15, -0.1) is 0 Å². The number of nitrogens with two attached hydrogens (primary N) is 1. The molecule has 1 aliphatic carbocycles. The van der Waals surface area contributed by atoms with E-state index in [9.17, 15) is 4.39 Å². The van der Waals surface area contributed by atoms with Gasteiger partial charge in [-0.05, 0) is 42.7 Å². The van der Waals surface area contributed by atoms with E-state index in [1.54, 1.807) is 6.07 Å². The predicted molar refractivity (Wildman–Crippen MR) is 78.8 cm³/mol. The van der Waals surface area contributed by atoms with Crippen LogP contribution in [0, 0.1) is 17.7 Å². The number of benzene rings is 1. The van der Waals surface area contributed by atoms with Crippen molar-refractivity contribution < 1.29 is 4.39 Å². The van der Waals surface area contributed by atoms with E-state index in [4.69, 9.17) is 17.3 Å². The van der Waals surface area contributed by atoms with Gasteiger partial charge in [-0.25, -0.2) is 4.39 Å². The van der Waals surface area contributed by atoms with Crippen LogP contribution in [0.5, 0.6) is 0 Å². The first kappa shape index (κ1) is 14.8. The molecule has 2 atom stereocenters. The van der Waals surface area contributed by atoms with Crippen LogP contribution in [0.2, 0.25) is 5.02 Å². The lowest BCUT2D eigenvalue weighted by atomic mass is 9.70. The fourth-order valence-electron chi connectivity index (χ4n) is 3.24. The molecule has 0 bridgehead atoms. The molecule has 1 aromatic rings. The average molecular weight is 284 g/mol. The van der Waals surface area contributed by atoms with Crippen LogP contribution in [-0.4, -0.2) is 5.54 Å². The third-order valence-electron chi connectivity index (χ3n) is 4.44. The molecular formula is C16H23ClFN. The zero-order valence-corrected chi connectivity index (χ0v) is 12.5. The van der Waals surface area contributed by atoms with Crippen LogP contribution in [-0.2, 0) is 6.42 Å². The quantitative estimate of drug-likeness (QED) is 0.864. The Morgan fingerprint density at radius 2 is 2.21 bits per heavy atom. The van der Waals surface area contributed by atoms with Crippen molar-refractivity contribution in [2.45, 2.75) is 51.5 Å². The Hall–Kier alpha value is -0.600. The van der Waals surface area contributed by atoms with Gasteiger partial charge in [0.15, 0.2) is 0 Å². The van der Waals surface area contributed by atoms with Gasteiger partial charge in [-0.2, -0.15) is 0 Å². The second kappa shape index (κ2) is 5.80. The third kappa shape index (κ3) is 3.49. The van der Waals surface area contributed by atoms with Crippen LogP contribution in [0.25, 0.3) is 0 Å². The number of halogens is 2. The van der Waals surface area contributed by atoms with E-state index in [2.05, 4.69) is 13.8 Å². The lowest BCUT2D eigenvalue weighted by molar-refractivity contribution is 0.182. The Kier molecular flexibility index (Phi) is 4.52. The molecule has 0 saturated heterocycles. The molecule has 1 fully saturated rings. The monoisotopic (exact) mass is 283 g/mol. The SMILES string of the molecule is CC(C)C1CCCC(N)(Cc2cccc(F)c2Cl)C1. The first-order valence-electron chi connectivity index (χ1n) is 7.13. The van der Waals surface area contributed by atoms with Gasteiger partial charge >= 0.3 is 0 Å². The molecule has 0 heterocycles. The average Bonchev–Trinajstić information content (AvgIpc) is 2.35. The van der Waals surface area contributed by atoms with Gasteiger partial charge in [0, 0.05) is 5.54 Å². The predicted octanol–water partition coefficient (Wildman–Crippen LogP) is 4.57. The fourth-order valence-corrected chi connectivity index (χ4v) is 3.43. The van der Waals surface area contributed by atoms with Crippen molar-refractivity contribution in [1.29, 1.82) is 0 Å². The summed E-state index contributed by atoms with van der Waals surface area (Å²) in [5.74, 6) is 0.983. The fraction of sp³-hybridized carbons (Fsp3) is 0.625. The minimum Gasteiger partial charge on any atom is -0.325 e. The molecule has 2 N–H and O–H groups in total. The summed E-state index contributed by atoms with van der Waals surface area (Å²) in [5.41, 5.74) is 7.17. The maximum atomic E-state index is 13.5. The van der Waals surface area contributed by atoms with Gasteiger partial charge in [0.1, 0.15) is 5.82 Å². The van der Waals surface area contributed by atoms with E-state index in [1.807, 2.05) is 6.07 Å². The van der Waals surface area contributed by atoms with Crippen molar-refractivity contribution >= 4 is 11.6 Å². The third-order valence-corrected chi connectivity index (χ3v) is 4.86. The second-order valence-corrected chi connectivity index (χ2v) is 6.73. The molecular weight excluding hydrogens is 261 g/mol. The minimum absolute atomic E-state index is 0.232. The lowest BCUT2D eigenvalue weighted by Crippen LogP contribution is -2.47. The van der Waals surface area contributed by atoms with E-state index in [0.29, 0.717) is 18.3 Å². The maximum Gasteiger partial charge on any atom is 0.142 e. The van der Waals surface area contributed by atoms with Crippen LogP contribution < -0.4 is 5.73 Å². The Labute approximate surface area is 120 Å². The Morgan fingerprint density at radius 1 is 1.47 bits per heavy atom. The molecule has 0 aliphatic heterocycles. The van der Waals surface area contributed by atoms with E-state index < -0.39 is 0 Å². The van der Waals surface area contributed by atoms with Crippen molar-refractivity contribution in [1.82, 2.24) is 0 Å². The van der Waals surface area contributed by atoms with E-state index >= 15 is 0 Å². The summed E-state index contributed by atoms with van der Waals surface area (Å²) in [6.45, 7) is 4.51. The number of hydrogen-bond donors (Lipinski definition) is 1. The Balaban J connectivity index is 2.14. The first-order chi connectivity index (χ1) is 8.91. The van der Waals surface area contributed by atoms with Crippen molar-refractivity contribution in [2.24, 2.45) is 17.6 Å². The van der Waals surface area contributed by atoms with Crippen LogP contribution in [0.4, 0.5) is 4.39 Å². The van der Waals surface area contributed by atoms with Crippen molar-refractivity contribution in [3.63, 3.8) is 0 Å². The van der Waals surface area contributed by atoms with Gasteiger partial charge in [-0.1, -0.05) is 50.4 Å². The van der Waals surface area contributed by atoms with E-state index in [1.165, 1.54) is 12.5 Å². The molecule has 1 aromatic carbocycles. The van der Waals surface area contributed by atoms with Crippen LogP contribution in [0.15, 0.2) is 18.2 Å². The molecule has 1 nitrogen and oxygen atoms in total. The number of hydrogen-bond acceptors (Lipinski definition) is 1. The summed E-state index contributed by atoms with van der Waals surface area (Å²) in [6.07, 6.45) is 5.10. The molecule has 0 amide bonds. The molecule has 1 saturated carbocycles. The molecule has 0 radical (unpaired) electrons. The summed E-state index contributed by atoms with van der Waals surface area (Å²) >= 11 is 6.04. The van der Waals surface area contributed by atoms with Gasteiger partial charge < -0.3 is 5.73 Å². The zero-order chi connectivity index (χ0) is 14.0. The lowest BCUT2D eigenvalue weighted by Gasteiger charge is -2.40. The van der Waals surface area contributed by atoms with Crippen LogP contribution >= 0.6 is 11.6 Å². The highest BCUT2D eigenvalue weighted by molar-refractivity contribution is 6.31. The maximum absolute atomic E-state index is 13.5. The molecule has 0 spiro atoms. The van der Waals surface area contributed by atoms with Gasteiger partial charge in [0.25, 0.3) is 0 Å². The molecule has 2 rings (SSSR count). The summed E-state index contributed by atoms with van der Waals surface area (Å²) in [5, 5.41) is 0.235. The summed E-state index contributed by atoms with van der Waals surface area (Å²) in [7, 11) is 0. The van der Waals surface area contributed by atoms with Gasteiger partial charge in [-0.3, -0.25) is 0 Å². The molecule has 19 heavy (non-hydrogen) atoms. The Bertz CT molecular complexity index is 446. The summed E-state index contributed by atoms with van der Waals surface area (Å²) in [6, 6.07) is 4.99. The van der Waals surface area contributed by atoms with E-state index in [0.717, 1.165) is 24.8 Å². The number of rotatable bonds is 3. The molecule has 1 aliphatic rings. The molecule has 106 valence electrons. The first-order valence-corrected chi connectivity index (χ1v) is 7.51. The van der Waals surface area contributed by atoms with Crippen LogP contribution in [0.1, 0.15) is 45.1 Å². The van der Waals surface area contributed by atoms with E-state index in [-0.39, 0.29) is 16.4 Å². The molecule has 0 aromatic heterocycles. The highest BCUT2D eigenvalue weighted by atomic mass is 35.5.